The lowest BCUT2D eigenvalue weighted by Gasteiger charge is -2.25. The van der Waals surface area contributed by atoms with Gasteiger partial charge in [-0.05, 0) is 18.9 Å². The minimum atomic E-state index is -1.13. The smallest absolute Gasteiger partial charge is 0.310 e. The van der Waals surface area contributed by atoms with E-state index in [1.165, 1.54) is 18.9 Å². The number of amidine groups is 1. The summed E-state index contributed by atoms with van der Waals surface area (Å²) in [6.07, 6.45) is 4.70. The van der Waals surface area contributed by atoms with Gasteiger partial charge >= 0.3 is 5.91 Å². The molecule has 2 amide bonds. The Bertz CT molecular complexity index is 829. The van der Waals surface area contributed by atoms with Gasteiger partial charge in [-0.3, -0.25) is 14.4 Å². The molecule has 1 aliphatic carbocycles. The Morgan fingerprint density at radius 1 is 1.19 bits per heavy atom. The van der Waals surface area contributed by atoms with E-state index in [0.717, 1.165) is 44.4 Å². The summed E-state index contributed by atoms with van der Waals surface area (Å²) in [7, 11) is 3.36. The van der Waals surface area contributed by atoms with Crippen molar-refractivity contribution in [2.24, 2.45) is 11.0 Å². The zero-order chi connectivity index (χ0) is 21.5. The highest BCUT2D eigenvalue weighted by molar-refractivity contribution is 8.14. The van der Waals surface area contributed by atoms with Crippen molar-refractivity contribution in [2.45, 2.75) is 38.1 Å². The standard InChI is InChI=1S/C21H28N4O4S.ClH/c1-25-12-13-30-21(25)24-23-20(28)18(26)17(15-10-6-7-11-16(15)29-2)22-19(27)14-8-4-3-5-9-14;/h6-7,10-11,14,17H,3-5,8-9,12-13H2,1-2H3,(H,22,27)(H,23,28);1H/b24-21-;. The van der Waals surface area contributed by atoms with Crippen molar-refractivity contribution in [3.8, 4) is 5.75 Å². The third kappa shape index (κ3) is 6.36. The molecule has 2 N–H and O–H groups in total. The second kappa shape index (κ2) is 12.0. The van der Waals surface area contributed by atoms with Crippen LogP contribution in [0.4, 0.5) is 0 Å². The Morgan fingerprint density at radius 2 is 1.90 bits per heavy atom. The lowest BCUT2D eigenvalue weighted by Crippen LogP contribution is -2.43. The summed E-state index contributed by atoms with van der Waals surface area (Å²) in [6, 6.07) is 5.76. The maximum atomic E-state index is 13.0. The summed E-state index contributed by atoms with van der Waals surface area (Å²) in [5.74, 6) is -0.688. The Labute approximate surface area is 192 Å². The Morgan fingerprint density at radius 3 is 2.55 bits per heavy atom. The second-order valence-electron chi connectivity index (χ2n) is 7.49. The molecule has 0 bridgehead atoms. The van der Waals surface area contributed by atoms with Crippen LogP contribution in [0.3, 0.4) is 0 Å². The number of nitrogens with zero attached hydrogens (tertiary/aromatic N) is 2. The van der Waals surface area contributed by atoms with Gasteiger partial charge in [0.25, 0.3) is 0 Å². The topological polar surface area (TPSA) is 100 Å². The average molecular weight is 469 g/mol. The van der Waals surface area contributed by atoms with Crippen molar-refractivity contribution in [1.82, 2.24) is 15.6 Å². The largest absolute Gasteiger partial charge is 0.496 e. The molecule has 1 aromatic carbocycles. The van der Waals surface area contributed by atoms with Crippen molar-refractivity contribution in [2.75, 3.05) is 26.5 Å². The van der Waals surface area contributed by atoms with Gasteiger partial charge in [0, 0.05) is 30.8 Å². The number of rotatable bonds is 7. The molecule has 8 nitrogen and oxygen atoms in total. The van der Waals surface area contributed by atoms with Crippen molar-refractivity contribution in [3.05, 3.63) is 29.8 Å². The van der Waals surface area contributed by atoms with Crippen LogP contribution < -0.4 is 15.5 Å². The van der Waals surface area contributed by atoms with E-state index in [1.807, 2.05) is 11.9 Å². The maximum Gasteiger partial charge on any atom is 0.310 e. The zero-order valence-electron chi connectivity index (χ0n) is 17.8. The highest BCUT2D eigenvalue weighted by Gasteiger charge is 2.33. The van der Waals surface area contributed by atoms with Gasteiger partial charge in [-0.15, -0.1) is 17.5 Å². The van der Waals surface area contributed by atoms with Crippen molar-refractivity contribution < 1.29 is 19.1 Å². The maximum absolute atomic E-state index is 13.0. The highest BCUT2D eigenvalue weighted by Crippen LogP contribution is 2.28. The molecular weight excluding hydrogens is 440 g/mol. The van der Waals surface area contributed by atoms with Crippen molar-refractivity contribution >= 4 is 46.9 Å². The van der Waals surface area contributed by atoms with Crippen LogP contribution in [0, 0.1) is 5.92 Å². The third-order valence-corrected chi connectivity index (χ3v) is 6.48. The number of hydrazone groups is 1. The third-order valence-electron chi connectivity index (χ3n) is 5.44. The molecule has 10 heteroatoms. The van der Waals surface area contributed by atoms with Crippen LogP contribution in [0.5, 0.6) is 5.75 Å². The Balaban J connectivity index is 0.00000341. The molecule has 1 unspecified atom stereocenters. The minimum Gasteiger partial charge on any atom is -0.496 e. The first kappa shape index (κ1) is 25.0. The molecule has 1 atom stereocenters. The van der Waals surface area contributed by atoms with E-state index in [0.29, 0.717) is 16.5 Å². The molecule has 2 fully saturated rings. The van der Waals surface area contributed by atoms with E-state index in [-0.39, 0.29) is 24.2 Å². The van der Waals surface area contributed by atoms with E-state index in [1.54, 1.807) is 24.3 Å². The van der Waals surface area contributed by atoms with Gasteiger partial charge in [0.1, 0.15) is 11.8 Å². The number of thioether (sulfide) groups is 1. The van der Waals surface area contributed by atoms with E-state index in [4.69, 9.17) is 4.74 Å². The minimum absolute atomic E-state index is 0. The number of hydrogen-bond acceptors (Lipinski definition) is 6. The van der Waals surface area contributed by atoms with Gasteiger partial charge in [0.05, 0.1) is 7.11 Å². The van der Waals surface area contributed by atoms with Gasteiger partial charge in [0.2, 0.25) is 11.7 Å². The van der Waals surface area contributed by atoms with Crippen molar-refractivity contribution in [1.29, 1.82) is 0 Å². The number of Topliss-reactive ketones (excluding diaryl/α,β-unsaturated/α-hetero) is 1. The SMILES string of the molecule is COc1ccccc1C(NC(=O)C1CCCCC1)C(=O)C(=O)N/N=C1\SCCN1C.Cl. The lowest BCUT2D eigenvalue weighted by molar-refractivity contribution is -0.140. The van der Waals surface area contributed by atoms with Crippen LogP contribution in [0.2, 0.25) is 0 Å². The quantitative estimate of drug-likeness (QED) is 0.471. The molecule has 0 spiro atoms. The number of halogens is 1. The first-order valence-electron chi connectivity index (χ1n) is 10.2. The number of nitrogens with one attached hydrogen (secondary N) is 2. The number of methoxy groups -OCH3 is 1. The number of carbonyl (C=O) groups excluding carboxylic acids is 3. The summed E-state index contributed by atoms with van der Waals surface area (Å²) in [6.45, 7) is 0.828. The summed E-state index contributed by atoms with van der Waals surface area (Å²) in [4.78, 5) is 40.4. The number of para-hydroxylation sites is 1. The van der Waals surface area contributed by atoms with Crippen LogP contribution >= 0.6 is 24.2 Å². The van der Waals surface area contributed by atoms with Gasteiger partial charge in [-0.1, -0.05) is 49.2 Å². The molecular formula is C21H29ClN4O4S. The first-order valence-corrected chi connectivity index (χ1v) is 11.2. The van der Waals surface area contributed by atoms with Crippen LogP contribution in [-0.2, 0) is 14.4 Å². The molecule has 1 heterocycles. The first-order chi connectivity index (χ1) is 14.5. The van der Waals surface area contributed by atoms with Gasteiger partial charge in [-0.2, -0.15) is 0 Å². The molecule has 1 aromatic rings. The number of ether oxygens (including phenoxy) is 1. The summed E-state index contributed by atoms with van der Waals surface area (Å²) in [5.41, 5.74) is 2.79. The normalized spacial score (nSPS) is 18.8. The molecule has 31 heavy (non-hydrogen) atoms. The van der Waals surface area contributed by atoms with Crippen LogP contribution in [-0.4, -0.2) is 54.1 Å². The van der Waals surface area contributed by atoms with Crippen LogP contribution in [0.1, 0.15) is 43.7 Å². The van der Waals surface area contributed by atoms with E-state index in [2.05, 4.69) is 15.8 Å². The molecule has 1 aliphatic heterocycles. The lowest BCUT2D eigenvalue weighted by atomic mass is 9.88. The van der Waals surface area contributed by atoms with Gasteiger partial charge in [0.15, 0.2) is 5.17 Å². The van der Waals surface area contributed by atoms with E-state index in [9.17, 15) is 14.4 Å². The predicted molar refractivity (Wildman–Crippen MR) is 123 cm³/mol. The zero-order valence-corrected chi connectivity index (χ0v) is 19.4. The second-order valence-corrected chi connectivity index (χ2v) is 8.55. The predicted octanol–water partition coefficient (Wildman–Crippen LogP) is 2.49. The van der Waals surface area contributed by atoms with Gasteiger partial charge < -0.3 is 15.0 Å². The number of ketones is 1. The van der Waals surface area contributed by atoms with Crippen molar-refractivity contribution in [3.63, 3.8) is 0 Å². The highest BCUT2D eigenvalue weighted by atomic mass is 35.5. The molecule has 0 radical (unpaired) electrons. The molecule has 1 saturated heterocycles. The number of carbonyl (C=O) groups is 3. The molecule has 0 aromatic heterocycles. The Kier molecular flexibility index (Phi) is 9.64. The number of amides is 2. The number of benzene rings is 1. The fourth-order valence-corrected chi connectivity index (χ4v) is 4.67. The summed E-state index contributed by atoms with van der Waals surface area (Å²) < 4.78 is 5.37. The van der Waals surface area contributed by atoms with E-state index < -0.39 is 17.7 Å². The Hall–Kier alpha value is -2.26. The summed E-state index contributed by atoms with van der Waals surface area (Å²) >= 11 is 1.50. The fraction of sp³-hybridized carbons (Fsp3) is 0.524. The molecule has 170 valence electrons. The van der Waals surface area contributed by atoms with E-state index >= 15 is 0 Å². The fourth-order valence-electron chi connectivity index (χ4n) is 3.70. The average Bonchev–Trinajstić information content (AvgIpc) is 3.20. The van der Waals surface area contributed by atoms with Gasteiger partial charge in [-0.25, -0.2) is 5.43 Å². The summed E-state index contributed by atoms with van der Waals surface area (Å²) in [5, 5.41) is 7.51. The molecule has 1 saturated carbocycles. The number of hydrogen-bond donors (Lipinski definition) is 2. The monoisotopic (exact) mass is 468 g/mol. The molecule has 2 aliphatic rings. The van der Waals surface area contributed by atoms with Crippen LogP contribution in [0.25, 0.3) is 0 Å². The molecule has 3 rings (SSSR count). The van der Waals surface area contributed by atoms with Crippen LogP contribution in [0.15, 0.2) is 29.4 Å².